The third-order valence-electron chi connectivity index (χ3n) is 6.24. The van der Waals surface area contributed by atoms with Crippen LogP contribution in [0, 0.1) is 12.8 Å². The summed E-state index contributed by atoms with van der Waals surface area (Å²) in [5.41, 5.74) is 1.38. The van der Waals surface area contributed by atoms with Gasteiger partial charge in [0.1, 0.15) is 11.9 Å². The Morgan fingerprint density at radius 1 is 1.11 bits per heavy atom. The molecule has 1 atom stereocenters. The second-order valence-corrected chi connectivity index (χ2v) is 7.98. The summed E-state index contributed by atoms with van der Waals surface area (Å²) in [5, 5.41) is 17.7. The van der Waals surface area contributed by atoms with Crippen LogP contribution in [0.3, 0.4) is 0 Å². The maximum atomic E-state index is 13.0. The molecule has 1 saturated carbocycles. The standard InChI is InChI=1S/C21H26N4O3/c1-14-22-23-19-13-25(18(21(27)28)12-24(14)19)20(26)11-15-7-9-17(10-8-15)16-5-3-2-4-6-16/h2-6,15,17-18H,7-13H2,1H3,(H,27,28). The van der Waals surface area contributed by atoms with Gasteiger partial charge in [-0.15, -0.1) is 10.2 Å². The van der Waals surface area contributed by atoms with Gasteiger partial charge in [0.25, 0.3) is 0 Å². The molecule has 1 N–H and O–H groups in total. The van der Waals surface area contributed by atoms with Crippen LogP contribution < -0.4 is 0 Å². The molecule has 2 heterocycles. The number of aliphatic carboxylic acids is 1. The Morgan fingerprint density at radius 3 is 2.50 bits per heavy atom. The lowest BCUT2D eigenvalue weighted by Gasteiger charge is -2.35. The van der Waals surface area contributed by atoms with E-state index in [2.05, 4.69) is 34.5 Å². The van der Waals surface area contributed by atoms with E-state index in [-0.39, 0.29) is 19.0 Å². The molecular weight excluding hydrogens is 356 g/mol. The predicted molar refractivity (Wildman–Crippen MR) is 102 cm³/mol. The Kier molecular flexibility index (Phi) is 5.15. The summed E-state index contributed by atoms with van der Waals surface area (Å²) in [6.07, 6.45) is 4.59. The summed E-state index contributed by atoms with van der Waals surface area (Å²) in [6, 6.07) is 9.70. The van der Waals surface area contributed by atoms with Crippen molar-refractivity contribution in [2.24, 2.45) is 5.92 Å². The number of hydrogen-bond acceptors (Lipinski definition) is 4. The predicted octanol–water partition coefficient (Wildman–Crippen LogP) is 2.75. The second kappa shape index (κ2) is 7.73. The average Bonchev–Trinajstić information content (AvgIpc) is 3.08. The van der Waals surface area contributed by atoms with Gasteiger partial charge in [-0.05, 0) is 50.0 Å². The lowest BCUT2D eigenvalue weighted by molar-refractivity contribution is -0.153. The van der Waals surface area contributed by atoms with E-state index in [4.69, 9.17) is 0 Å². The number of fused-ring (bicyclic) bond motifs is 1. The van der Waals surface area contributed by atoms with Crippen LogP contribution >= 0.6 is 0 Å². The molecule has 1 aliphatic carbocycles. The average molecular weight is 382 g/mol. The van der Waals surface area contributed by atoms with Gasteiger partial charge in [0.15, 0.2) is 5.82 Å². The first-order chi connectivity index (χ1) is 13.5. The minimum atomic E-state index is -0.972. The summed E-state index contributed by atoms with van der Waals surface area (Å²) in [5.74, 6) is 1.19. The fourth-order valence-corrected chi connectivity index (χ4v) is 4.58. The van der Waals surface area contributed by atoms with Crippen LogP contribution in [-0.4, -0.2) is 42.7 Å². The number of aryl methyl sites for hydroxylation is 1. The van der Waals surface area contributed by atoms with Gasteiger partial charge in [-0.3, -0.25) is 4.79 Å². The Labute approximate surface area is 164 Å². The molecule has 1 unspecified atom stereocenters. The summed E-state index contributed by atoms with van der Waals surface area (Å²) >= 11 is 0. The van der Waals surface area contributed by atoms with E-state index in [0.717, 1.165) is 25.7 Å². The van der Waals surface area contributed by atoms with Gasteiger partial charge < -0.3 is 14.6 Å². The highest BCUT2D eigenvalue weighted by Gasteiger charge is 2.37. The first-order valence-corrected chi connectivity index (χ1v) is 9.99. The lowest BCUT2D eigenvalue weighted by atomic mass is 9.77. The number of rotatable bonds is 4. The fraction of sp³-hybridized carbons (Fsp3) is 0.524. The molecule has 1 fully saturated rings. The van der Waals surface area contributed by atoms with Crippen LogP contribution in [0.1, 0.15) is 55.2 Å². The van der Waals surface area contributed by atoms with Crippen molar-refractivity contribution in [1.82, 2.24) is 19.7 Å². The van der Waals surface area contributed by atoms with Crippen molar-refractivity contribution in [3.8, 4) is 0 Å². The monoisotopic (exact) mass is 382 g/mol. The van der Waals surface area contributed by atoms with Crippen molar-refractivity contribution >= 4 is 11.9 Å². The van der Waals surface area contributed by atoms with Crippen LogP contribution in [0.2, 0.25) is 0 Å². The van der Waals surface area contributed by atoms with E-state index < -0.39 is 12.0 Å². The summed E-state index contributed by atoms with van der Waals surface area (Å²) < 4.78 is 1.80. The Balaban J connectivity index is 1.39. The van der Waals surface area contributed by atoms with Gasteiger partial charge in [-0.25, -0.2) is 4.79 Å². The molecule has 2 aromatic rings. The van der Waals surface area contributed by atoms with E-state index in [1.54, 1.807) is 11.5 Å². The SMILES string of the molecule is Cc1nnc2n1CC(C(=O)O)N(C(=O)CC1CCC(c3ccccc3)CC1)C2. The normalized spacial score (nSPS) is 24.6. The van der Waals surface area contributed by atoms with Crippen molar-refractivity contribution in [3.63, 3.8) is 0 Å². The molecule has 0 radical (unpaired) electrons. The highest BCUT2D eigenvalue weighted by atomic mass is 16.4. The zero-order chi connectivity index (χ0) is 19.7. The molecule has 0 saturated heterocycles. The third kappa shape index (κ3) is 3.66. The molecule has 7 nitrogen and oxygen atoms in total. The highest BCUT2D eigenvalue weighted by Crippen LogP contribution is 2.37. The topological polar surface area (TPSA) is 88.3 Å². The zero-order valence-electron chi connectivity index (χ0n) is 16.1. The van der Waals surface area contributed by atoms with Crippen LogP contribution in [0.15, 0.2) is 30.3 Å². The molecular formula is C21H26N4O3. The number of carboxylic acid groups (broad SMARTS) is 1. The molecule has 1 aromatic heterocycles. The highest BCUT2D eigenvalue weighted by molar-refractivity contribution is 5.84. The lowest BCUT2D eigenvalue weighted by Crippen LogP contribution is -2.51. The molecule has 1 amide bonds. The largest absolute Gasteiger partial charge is 0.480 e. The smallest absolute Gasteiger partial charge is 0.328 e. The van der Waals surface area contributed by atoms with E-state index in [9.17, 15) is 14.7 Å². The number of nitrogens with zero attached hydrogens (tertiary/aromatic N) is 4. The van der Waals surface area contributed by atoms with E-state index in [1.165, 1.54) is 10.5 Å². The van der Waals surface area contributed by atoms with Gasteiger partial charge in [-0.1, -0.05) is 30.3 Å². The molecule has 1 aromatic carbocycles. The van der Waals surface area contributed by atoms with Crippen molar-refractivity contribution < 1.29 is 14.7 Å². The number of aromatic nitrogens is 3. The molecule has 7 heteroatoms. The number of amides is 1. The quantitative estimate of drug-likeness (QED) is 0.878. The first-order valence-electron chi connectivity index (χ1n) is 9.99. The summed E-state index contributed by atoms with van der Waals surface area (Å²) in [4.78, 5) is 26.2. The molecule has 28 heavy (non-hydrogen) atoms. The number of carbonyl (C=O) groups excluding carboxylic acids is 1. The molecule has 0 spiro atoms. The van der Waals surface area contributed by atoms with Crippen LogP contribution in [0.25, 0.3) is 0 Å². The maximum Gasteiger partial charge on any atom is 0.328 e. The van der Waals surface area contributed by atoms with Crippen molar-refractivity contribution in [1.29, 1.82) is 0 Å². The van der Waals surface area contributed by atoms with Gasteiger partial charge in [0.2, 0.25) is 5.91 Å². The Bertz CT molecular complexity index is 856. The molecule has 0 bridgehead atoms. The number of benzene rings is 1. The molecule has 148 valence electrons. The minimum Gasteiger partial charge on any atom is -0.480 e. The first kappa shape index (κ1) is 18.7. The van der Waals surface area contributed by atoms with Gasteiger partial charge in [-0.2, -0.15) is 0 Å². The number of carboxylic acids is 1. The van der Waals surface area contributed by atoms with Gasteiger partial charge in [0, 0.05) is 6.42 Å². The van der Waals surface area contributed by atoms with Crippen molar-refractivity contribution in [2.45, 2.75) is 64.1 Å². The van der Waals surface area contributed by atoms with Crippen molar-refractivity contribution in [2.75, 3.05) is 0 Å². The van der Waals surface area contributed by atoms with E-state index in [0.29, 0.717) is 29.9 Å². The van der Waals surface area contributed by atoms with Crippen LogP contribution in [0.4, 0.5) is 0 Å². The Hall–Kier alpha value is -2.70. The maximum absolute atomic E-state index is 13.0. The zero-order valence-corrected chi connectivity index (χ0v) is 16.1. The van der Waals surface area contributed by atoms with Crippen LogP contribution in [0.5, 0.6) is 0 Å². The number of carbonyl (C=O) groups is 2. The van der Waals surface area contributed by atoms with Gasteiger partial charge in [0.05, 0.1) is 13.1 Å². The van der Waals surface area contributed by atoms with Gasteiger partial charge >= 0.3 is 5.97 Å². The van der Waals surface area contributed by atoms with Crippen molar-refractivity contribution in [3.05, 3.63) is 47.5 Å². The molecule has 1 aliphatic heterocycles. The summed E-state index contributed by atoms with van der Waals surface area (Å²) in [6.45, 7) is 2.24. The van der Waals surface area contributed by atoms with E-state index in [1.807, 2.05) is 6.07 Å². The van der Waals surface area contributed by atoms with E-state index >= 15 is 0 Å². The Morgan fingerprint density at radius 2 is 1.82 bits per heavy atom. The minimum absolute atomic E-state index is 0.0811. The molecule has 2 aliphatic rings. The molecule has 4 rings (SSSR count). The summed E-state index contributed by atoms with van der Waals surface area (Å²) in [7, 11) is 0. The third-order valence-corrected chi connectivity index (χ3v) is 6.24. The van der Waals surface area contributed by atoms with Crippen LogP contribution in [-0.2, 0) is 22.7 Å². The second-order valence-electron chi connectivity index (χ2n) is 7.98. The number of hydrogen-bond donors (Lipinski definition) is 1. The fourth-order valence-electron chi connectivity index (χ4n) is 4.58.